The van der Waals surface area contributed by atoms with E-state index in [0.29, 0.717) is 0 Å². The van der Waals surface area contributed by atoms with Gasteiger partial charge in [-0.3, -0.25) is 0 Å². The third-order valence-electron chi connectivity index (χ3n) is 5.56. The molecule has 0 radical (unpaired) electrons. The van der Waals surface area contributed by atoms with Crippen molar-refractivity contribution in [3.63, 3.8) is 0 Å². The van der Waals surface area contributed by atoms with Crippen LogP contribution < -0.4 is 10.5 Å². The minimum Gasteiger partial charge on any atom is -0.486 e. The van der Waals surface area contributed by atoms with Gasteiger partial charge in [0.1, 0.15) is 11.4 Å². The Hall–Kier alpha value is -1.96. The topological polar surface area (TPSA) is 35.2 Å². The van der Waals surface area contributed by atoms with Crippen molar-refractivity contribution in [2.75, 3.05) is 5.73 Å². The van der Waals surface area contributed by atoms with E-state index in [1.54, 1.807) is 0 Å². The largest absolute Gasteiger partial charge is 0.486 e. The molecule has 24 heavy (non-hydrogen) atoms. The van der Waals surface area contributed by atoms with E-state index in [9.17, 15) is 0 Å². The average molecular weight is 323 g/mol. The molecule has 2 heteroatoms. The van der Waals surface area contributed by atoms with Gasteiger partial charge in [0.2, 0.25) is 0 Å². The van der Waals surface area contributed by atoms with Crippen molar-refractivity contribution in [2.24, 2.45) is 0 Å². The van der Waals surface area contributed by atoms with E-state index in [-0.39, 0.29) is 11.5 Å². The highest BCUT2D eigenvalue weighted by Gasteiger charge is 2.44. The van der Waals surface area contributed by atoms with Gasteiger partial charge in [-0.1, -0.05) is 37.6 Å². The van der Waals surface area contributed by atoms with Gasteiger partial charge in [-0.05, 0) is 68.9 Å². The second-order valence-electron chi connectivity index (χ2n) is 7.66. The minimum atomic E-state index is -0.273. The van der Waals surface area contributed by atoms with Crippen molar-refractivity contribution in [3.05, 3.63) is 57.6 Å². The van der Waals surface area contributed by atoms with Gasteiger partial charge in [-0.25, -0.2) is 0 Å². The highest BCUT2D eigenvalue weighted by atomic mass is 16.5. The van der Waals surface area contributed by atoms with Crippen LogP contribution in [0.3, 0.4) is 0 Å². The van der Waals surface area contributed by atoms with Crippen LogP contribution in [0.2, 0.25) is 0 Å². The Morgan fingerprint density at radius 3 is 2.21 bits per heavy atom. The van der Waals surface area contributed by atoms with Crippen LogP contribution in [0.1, 0.15) is 66.5 Å². The molecule has 0 spiro atoms. The Morgan fingerprint density at radius 2 is 1.62 bits per heavy atom. The van der Waals surface area contributed by atoms with Gasteiger partial charge in [0.15, 0.2) is 0 Å². The number of aryl methyl sites for hydroxylation is 1. The summed E-state index contributed by atoms with van der Waals surface area (Å²) in [6, 6.07) is 9.04. The van der Waals surface area contributed by atoms with Crippen molar-refractivity contribution in [1.82, 2.24) is 0 Å². The number of benzene rings is 2. The summed E-state index contributed by atoms with van der Waals surface area (Å²) in [7, 11) is 0. The van der Waals surface area contributed by atoms with Crippen molar-refractivity contribution in [3.8, 4) is 5.75 Å². The lowest BCUT2D eigenvalue weighted by molar-refractivity contribution is 0.121. The first kappa shape index (κ1) is 16.9. The fraction of sp³-hybridized carbons (Fsp3) is 0.455. The molecule has 2 N–H and O–H groups in total. The molecule has 1 unspecified atom stereocenters. The SMILES string of the molecule is CCCc1ccc(C2c3c(C)c(N)c(C)c(C)c3OC2(C)C)cc1. The summed E-state index contributed by atoms with van der Waals surface area (Å²) in [5.41, 5.74) is 14.5. The first-order valence-corrected chi connectivity index (χ1v) is 8.94. The average Bonchev–Trinajstić information content (AvgIpc) is 2.83. The van der Waals surface area contributed by atoms with Crippen LogP contribution in [0.15, 0.2) is 24.3 Å². The van der Waals surface area contributed by atoms with Crippen LogP contribution in [0.25, 0.3) is 0 Å². The Kier molecular flexibility index (Phi) is 4.11. The predicted octanol–water partition coefficient (Wildman–Crippen LogP) is 5.45. The molecule has 0 aliphatic carbocycles. The standard InChI is InChI=1S/C22H29NO/c1-7-8-16-9-11-17(12-10-16)19-18-15(4)20(23)13(2)14(3)21(18)24-22(19,5)6/h9-12,19H,7-8,23H2,1-6H3. The third kappa shape index (κ3) is 2.49. The van der Waals surface area contributed by atoms with Crippen LogP contribution >= 0.6 is 0 Å². The lowest BCUT2D eigenvalue weighted by Gasteiger charge is -2.27. The normalized spacial score (nSPS) is 18.3. The zero-order valence-corrected chi connectivity index (χ0v) is 15.8. The Bertz CT molecular complexity index is 772. The van der Waals surface area contributed by atoms with Gasteiger partial charge < -0.3 is 10.5 Å². The fourth-order valence-corrected chi connectivity index (χ4v) is 4.05. The summed E-state index contributed by atoms with van der Waals surface area (Å²) >= 11 is 0. The van der Waals surface area contributed by atoms with Crippen LogP contribution in [0.4, 0.5) is 5.69 Å². The molecule has 3 rings (SSSR count). The first-order chi connectivity index (χ1) is 11.3. The van der Waals surface area contributed by atoms with Crippen molar-refractivity contribution in [1.29, 1.82) is 0 Å². The zero-order valence-electron chi connectivity index (χ0n) is 15.8. The minimum absolute atomic E-state index is 0.213. The summed E-state index contributed by atoms with van der Waals surface area (Å²) in [4.78, 5) is 0. The fourth-order valence-electron chi connectivity index (χ4n) is 4.05. The molecule has 2 aromatic carbocycles. The van der Waals surface area contributed by atoms with Crippen LogP contribution in [-0.4, -0.2) is 5.60 Å². The van der Waals surface area contributed by atoms with E-state index in [2.05, 4.69) is 65.8 Å². The number of nitrogen functional groups attached to an aromatic ring is 1. The third-order valence-corrected chi connectivity index (χ3v) is 5.56. The maximum atomic E-state index is 6.43. The summed E-state index contributed by atoms with van der Waals surface area (Å²) in [6.07, 6.45) is 2.31. The van der Waals surface area contributed by atoms with E-state index < -0.39 is 0 Å². The van der Waals surface area contributed by atoms with Crippen molar-refractivity contribution < 1.29 is 4.74 Å². The number of rotatable bonds is 3. The highest BCUT2D eigenvalue weighted by molar-refractivity contribution is 5.69. The Morgan fingerprint density at radius 1 is 1.00 bits per heavy atom. The highest BCUT2D eigenvalue weighted by Crippen LogP contribution is 2.53. The van der Waals surface area contributed by atoms with Crippen LogP contribution in [0.5, 0.6) is 5.75 Å². The lowest BCUT2D eigenvalue weighted by Crippen LogP contribution is -2.31. The van der Waals surface area contributed by atoms with Gasteiger partial charge in [0.05, 0.1) is 5.92 Å². The number of ether oxygens (including phenoxy) is 1. The van der Waals surface area contributed by atoms with Crippen LogP contribution in [-0.2, 0) is 6.42 Å². The van der Waals surface area contributed by atoms with Gasteiger partial charge in [0.25, 0.3) is 0 Å². The number of hydrogen-bond donors (Lipinski definition) is 1. The second kappa shape index (κ2) is 5.84. The summed E-state index contributed by atoms with van der Waals surface area (Å²) < 4.78 is 6.43. The summed E-state index contributed by atoms with van der Waals surface area (Å²) in [5, 5.41) is 0. The van der Waals surface area contributed by atoms with E-state index in [4.69, 9.17) is 10.5 Å². The number of anilines is 1. The molecule has 0 bridgehead atoms. The van der Waals surface area contributed by atoms with Gasteiger partial charge in [-0.15, -0.1) is 0 Å². The maximum Gasteiger partial charge on any atom is 0.127 e. The first-order valence-electron chi connectivity index (χ1n) is 8.94. The number of fused-ring (bicyclic) bond motifs is 1. The lowest BCUT2D eigenvalue weighted by atomic mass is 9.78. The molecular weight excluding hydrogens is 294 g/mol. The molecule has 1 aliphatic rings. The molecule has 1 heterocycles. The monoisotopic (exact) mass is 323 g/mol. The van der Waals surface area contributed by atoms with E-state index in [1.165, 1.54) is 34.2 Å². The number of hydrogen-bond acceptors (Lipinski definition) is 2. The number of nitrogens with two attached hydrogens (primary N) is 1. The molecule has 0 saturated carbocycles. The Labute approximate surface area is 146 Å². The van der Waals surface area contributed by atoms with Crippen LogP contribution in [0, 0.1) is 20.8 Å². The van der Waals surface area contributed by atoms with Crippen molar-refractivity contribution >= 4 is 5.69 Å². The maximum absolute atomic E-state index is 6.43. The molecule has 0 aromatic heterocycles. The summed E-state index contributed by atoms with van der Waals surface area (Å²) in [5.74, 6) is 1.25. The molecule has 0 fully saturated rings. The van der Waals surface area contributed by atoms with E-state index in [1.807, 2.05) is 0 Å². The molecule has 0 amide bonds. The molecule has 2 nitrogen and oxygen atoms in total. The molecule has 1 atom stereocenters. The van der Waals surface area contributed by atoms with Gasteiger partial charge in [0, 0.05) is 11.3 Å². The molecule has 1 aliphatic heterocycles. The predicted molar refractivity (Wildman–Crippen MR) is 102 cm³/mol. The molecule has 0 saturated heterocycles. The smallest absolute Gasteiger partial charge is 0.127 e. The van der Waals surface area contributed by atoms with E-state index >= 15 is 0 Å². The molecule has 2 aromatic rings. The van der Waals surface area contributed by atoms with Gasteiger partial charge in [-0.2, -0.15) is 0 Å². The zero-order chi connectivity index (χ0) is 17.6. The second-order valence-corrected chi connectivity index (χ2v) is 7.66. The summed E-state index contributed by atoms with van der Waals surface area (Å²) in [6.45, 7) is 12.9. The quantitative estimate of drug-likeness (QED) is 0.762. The molecule has 128 valence electrons. The van der Waals surface area contributed by atoms with Gasteiger partial charge >= 0.3 is 0 Å². The molecular formula is C22H29NO. The van der Waals surface area contributed by atoms with Crippen molar-refractivity contribution in [2.45, 2.75) is 65.9 Å². The Balaban J connectivity index is 2.16. The van der Waals surface area contributed by atoms with E-state index in [0.717, 1.165) is 23.4 Å².